The zero-order valence-electron chi connectivity index (χ0n) is 20.7. The lowest BCUT2D eigenvalue weighted by atomic mass is 9.81. The van der Waals surface area contributed by atoms with Crippen molar-refractivity contribution in [1.82, 2.24) is 4.90 Å². The van der Waals surface area contributed by atoms with E-state index in [-0.39, 0.29) is 28.0 Å². The molecule has 0 spiro atoms. The average molecular weight is 544 g/mol. The Bertz CT molecular complexity index is 1250. The topological polar surface area (TPSA) is 146 Å². The molecule has 5 atom stereocenters. The minimum absolute atomic E-state index is 0.0304. The van der Waals surface area contributed by atoms with E-state index in [2.05, 4.69) is 0 Å². The molecule has 0 unspecified atom stereocenters. The van der Waals surface area contributed by atoms with Crippen molar-refractivity contribution in [3.8, 4) is 0 Å². The summed E-state index contributed by atoms with van der Waals surface area (Å²) in [7, 11) is 0. The summed E-state index contributed by atoms with van der Waals surface area (Å²) in [5.41, 5.74) is 0.156. The molecule has 200 valence electrons. The fraction of sp³-hybridized carbons (Fsp3) is 0.385. The molecule has 0 bridgehead atoms. The monoisotopic (exact) mass is 543 g/mol. The summed E-state index contributed by atoms with van der Waals surface area (Å²) in [6, 6.07) is 4.29. The Kier molecular flexibility index (Phi) is 7.58. The summed E-state index contributed by atoms with van der Waals surface area (Å²) in [4.78, 5) is 64.1. The van der Waals surface area contributed by atoms with Gasteiger partial charge < -0.3 is 24.1 Å². The van der Waals surface area contributed by atoms with E-state index < -0.39 is 66.5 Å². The van der Waals surface area contributed by atoms with Crippen molar-refractivity contribution in [3.63, 3.8) is 0 Å². The molecular weight excluding hydrogens is 518 g/mol. The van der Waals surface area contributed by atoms with E-state index in [9.17, 15) is 29.1 Å². The number of benzene rings is 1. The molecule has 2 heterocycles. The van der Waals surface area contributed by atoms with Gasteiger partial charge in [-0.1, -0.05) is 42.6 Å². The lowest BCUT2D eigenvalue weighted by Gasteiger charge is -2.52. The van der Waals surface area contributed by atoms with Crippen molar-refractivity contribution >= 4 is 46.8 Å². The minimum Gasteiger partial charge on any atom is -0.463 e. The first kappa shape index (κ1) is 27.3. The minimum atomic E-state index is -2.54. The molecular formula is C26H25NO10S. The molecule has 2 aliphatic heterocycles. The molecule has 12 heteroatoms. The number of carbonyl (C=O) groups excluding carboxylic acids is 5. The third-order valence-corrected chi connectivity index (χ3v) is 6.67. The number of hydrogen-bond donors (Lipinski definition) is 1. The number of rotatable bonds is 6. The standard InChI is InChI=1S/C26H25NO10S/c1-13(28)34-12-19-21(35-14(2)29)22(36-15(3)30)23(26(33,37-19)18-10-6-7-11-20(18)38)27-24(31)16-8-4-5-9-17(16)25(27)32/h4-10,19,21-23,33H,11-12H2,1-3H3/t19-,21-,22+,23-,26-/m1/s1. The molecule has 11 nitrogen and oxygen atoms in total. The van der Waals surface area contributed by atoms with Crippen molar-refractivity contribution in [2.75, 3.05) is 6.61 Å². The van der Waals surface area contributed by atoms with Crippen LogP contribution in [0.1, 0.15) is 47.9 Å². The normalized spacial score (nSPS) is 28.5. The molecule has 1 saturated heterocycles. The number of ether oxygens (including phenoxy) is 4. The second-order valence-electron chi connectivity index (χ2n) is 8.91. The summed E-state index contributed by atoms with van der Waals surface area (Å²) in [5, 5.41) is 12.2. The van der Waals surface area contributed by atoms with Gasteiger partial charge in [-0.05, 0) is 12.1 Å². The third-order valence-electron chi connectivity index (χ3n) is 6.28. The van der Waals surface area contributed by atoms with Crippen LogP contribution in [0.15, 0.2) is 48.1 Å². The number of amides is 2. The number of imide groups is 1. The van der Waals surface area contributed by atoms with Crippen molar-refractivity contribution in [1.29, 1.82) is 0 Å². The Labute approximate surface area is 223 Å². The quantitative estimate of drug-likeness (QED) is 0.241. The van der Waals surface area contributed by atoms with Gasteiger partial charge >= 0.3 is 17.9 Å². The summed E-state index contributed by atoms with van der Waals surface area (Å²) in [6.45, 7) is 2.80. The first-order valence-electron chi connectivity index (χ1n) is 11.7. The molecule has 1 aromatic carbocycles. The molecule has 1 aliphatic carbocycles. The number of nitrogens with zero attached hydrogens (tertiary/aromatic N) is 1. The van der Waals surface area contributed by atoms with Crippen molar-refractivity contribution in [3.05, 3.63) is 59.2 Å². The highest BCUT2D eigenvalue weighted by atomic mass is 32.1. The van der Waals surface area contributed by atoms with Gasteiger partial charge in [-0.15, -0.1) is 0 Å². The van der Waals surface area contributed by atoms with E-state index in [1.807, 2.05) is 0 Å². The predicted molar refractivity (Wildman–Crippen MR) is 133 cm³/mol. The molecule has 1 N–H and O–H groups in total. The van der Waals surface area contributed by atoms with Crippen LogP contribution >= 0.6 is 12.2 Å². The lowest BCUT2D eigenvalue weighted by Crippen LogP contribution is -2.73. The van der Waals surface area contributed by atoms with Gasteiger partial charge in [-0.2, -0.15) is 0 Å². The van der Waals surface area contributed by atoms with Crippen LogP contribution in [-0.2, 0) is 33.3 Å². The zero-order chi connectivity index (χ0) is 27.8. The van der Waals surface area contributed by atoms with Crippen LogP contribution in [0, 0.1) is 0 Å². The highest BCUT2D eigenvalue weighted by Gasteiger charge is 2.64. The van der Waals surface area contributed by atoms with Gasteiger partial charge in [0.15, 0.2) is 12.2 Å². The van der Waals surface area contributed by atoms with Crippen molar-refractivity contribution < 1.29 is 48.0 Å². The molecule has 4 rings (SSSR count). The zero-order valence-corrected chi connectivity index (χ0v) is 21.6. The fourth-order valence-electron chi connectivity index (χ4n) is 4.83. The van der Waals surface area contributed by atoms with Crippen LogP contribution < -0.4 is 0 Å². The summed E-state index contributed by atoms with van der Waals surface area (Å²) < 4.78 is 22.1. The molecule has 1 fully saturated rings. The van der Waals surface area contributed by atoms with Gasteiger partial charge in [-0.3, -0.25) is 28.9 Å². The fourth-order valence-corrected chi connectivity index (χ4v) is 5.14. The van der Waals surface area contributed by atoms with Gasteiger partial charge in [-0.25, -0.2) is 0 Å². The smallest absolute Gasteiger partial charge is 0.303 e. The first-order valence-corrected chi connectivity index (χ1v) is 12.1. The van der Waals surface area contributed by atoms with E-state index in [0.29, 0.717) is 0 Å². The van der Waals surface area contributed by atoms with E-state index in [1.54, 1.807) is 24.3 Å². The molecule has 38 heavy (non-hydrogen) atoms. The van der Waals surface area contributed by atoms with Crippen LogP contribution in [0.4, 0.5) is 0 Å². The number of fused-ring (bicyclic) bond motifs is 1. The van der Waals surface area contributed by atoms with Gasteiger partial charge in [0.05, 0.1) is 11.1 Å². The van der Waals surface area contributed by atoms with E-state index in [0.717, 1.165) is 25.7 Å². The van der Waals surface area contributed by atoms with Crippen LogP contribution in [0.25, 0.3) is 0 Å². The Morgan fingerprint density at radius 2 is 1.61 bits per heavy atom. The SMILES string of the molecule is CC(=O)OC[C@H]1O[C@](O)(C2=CC=CCC2=S)[C@H](N2C(=O)c3ccccc3C2=O)[C@@H](OC(C)=O)[C@@H]1OC(C)=O. The highest BCUT2D eigenvalue weighted by molar-refractivity contribution is 7.80. The maximum absolute atomic E-state index is 13.6. The number of aliphatic hydroxyl groups is 1. The predicted octanol–water partition coefficient (Wildman–Crippen LogP) is 1.42. The molecule has 2 amide bonds. The maximum Gasteiger partial charge on any atom is 0.303 e. The summed E-state index contributed by atoms with van der Waals surface area (Å²) in [5.74, 6) is -6.48. The molecule has 0 saturated carbocycles. The molecule has 0 aromatic heterocycles. The van der Waals surface area contributed by atoms with Crippen LogP contribution in [0.5, 0.6) is 0 Å². The van der Waals surface area contributed by atoms with Gasteiger partial charge in [0.2, 0.25) is 5.79 Å². The largest absolute Gasteiger partial charge is 0.463 e. The lowest BCUT2D eigenvalue weighted by molar-refractivity contribution is -0.311. The highest BCUT2D eigenvalue weighted by Crippen LogP contribution is 2.43. The van der Waals surface area contributed by atoms with Crippen LogP contribution in [0.2, 0.25) is 0 Å². The number of esters is 3. The summed E-state index contributed by atoms with van der Waals surface area (Å²) in [6.07, 6.45) is 0.533. The Balaban J connectivity index is 1.93. The maximum atomic E-state index is 13.6. The Hall–Kier alpha value is -3.74. The van der Waals surface area contributed by atoms with Gasteiger partial charge in [0, 0.05) is 37.6 Å². The van der Waals surface area contributed by atoms with Gasteiger partial charge in [0.25, 0.3) is 11.8 Å². The van der Waals surface area contributed by atoms with E-state index in [1.165, 1.54) is 18.2 Å². The second kappa shape index (κ2) is 10.6. The third kappa shape index (κ3) is 4.89. The van der Waals surface area contributed by atoms with Gasteiger partial charge in [0.1, 0.15) is 18.8 Å². The van der Waals surface area contributed by atoms with E-state index in [4.69, 9.17) is 31.2 Å². The first-order chi connectivity index (χ1) is 18.0. The van der Waals surface area contributed by atoms with Crippen molar-refractivity contribution in [2.24, 2.45) is 0 Å². The Morgan fingerprint density at radius 3 is 2.13 bits per heavy atom. The van der Waals surface area contributed by atoms with E-state index >= 15 is 0 Å². The molecule has 0 radical (unpaired) electrons. The number of thiocarbonyl (C=S) groups is 1. The Morgan fingerprint density at radius 1 is 1.03 bits per heavy atom. The number of allylic oxidation sites excluding steroid dienone is 3. The average Bonchev–Trinajstić information content (AvgIpc) is 3.09. The molecule has 3 aliphatic rings. The summed E-state index contributed by atoms with van der Waals surface area (Å²) >= 11 is 5.48. The number of hydrogen-bond acceptors (Lipinski definition) is 11. The number of carbonyl (C=O) groups is 5. The van der Waals surface area contributed by atoms with Crippen LogP contribution in [0.3, 0.4) is 0 Å². The van der Waals surface area contributed by atoms with Crippen LogP contribution in [-0.4, -0.2) is 81.3 Å². The second-order valence-corrected chi connectivity index (χ2v) is 9.40. The molecule has 1 aromatic rings. The van der Waals surface area contributed by atoms with Crippen molar-refractivity contribution in [2.45, 2.75) is 57.3 Å².